The zero-order valence-corrected chi connectivity index (χ0v) is 15.1. The molecular formula is C17H23N3O3S. The van der Waals surface area contributed by atoms with Crippen LogP contribution in [0.15, 0.2) is 29.2 Å². The number of rotatable bonds is 4. The average molecular weight is 349 g/mol. The van der Waals surface area contributed by atoms with Crippen LogP contribution < -0.4 is 9.46 Å². The summed E-state index contributed by atoms with van der Waals surface area (Å²) in [5, 5.41) is 4.19. The minimum absolute atomic E-state index is 0.209. The van der Waals surface area contributed by atoms with E-state index < -0.39 is 10.0 Å². The topological polar surface area (TPSA) is 73.2 Å². The van der Waals surface area contributed by atoms with Gasteiger partial charge in [-0.15, -0.1) is 0 Å². The highest BCUT2D eigenvalue weighted by molar-refractivity contribution is 7.89. The maximum atomic E-state index is 12.7. The lowest BCUT2D eigenvalue weighted by atomic mass is 9.97. The molecule has 130 valence electrons. The van der Waals surface area contributed by atoms with Crippen LogP contribution in [0.5, 0.6) is 5.75 Å². The Labute approximate surface area is 142 Å². The number of para-hydroxylation sites is 1. The number of benzene rings is 1. The molecule has 1 unspecified atom stereocenters. The first-order valence-corrected chi connectivity index (χ1v) is 9.57. The summed E-state index contributed by atoms with van der Waals surface area (Å²) >= 11 is 0. The Morgan fingerprint density at radius 2 is 2.08 bits per heavy atom. The molecular weight excluding hydrogens is 326 g/mol. The van der Waals surface area contributed by atoms with Gasteiger partial charge in [-0.3, -0.25) is 4.68 Å². The van der Waals surface area contributed by atoms with Crippen molar-refractivity contribution in [2.45, 2.75) is 31.6 Å². The molecule has 1 aromatic carbocycles. The van der Waals surface area contributed by atoms with Crippen molar-refractivity contribution in [3.05, 3.63) is 41.2 Å². The van der Waals surface area contributed by atoms with Crippen LogP contribution in [-0.4, -0.2) is 31.3 Å². The third-order valence-electron chi connectivity index (χ3n) is 4.54. The number of hydrogen-bond acceptors (Lipinski definition) is 4. The van der Waals surface area contributed by atoms with Gasteiger partial charge in [0, 0.05) is 13.6 Å². The van der Waals surface area contributed by atoms with Crippen LogP contribution in [-0.2, 0) is 23.5 Å². The van der Waals surface area contributed by atoms with E-state index in [1.807, 2.05) is 24.3 Å². The van der Waals surface area contributed by atoms with Gasteiger partial charge in [0.2, 0.25) is 10.0 Å². The van der Waals surface area contributed by atoms with Gasteiger partial charge in [-0.25, -0.2) is 13.1 Å². The maximum absolute atomic E-state index is 12.7. The number of nitrogens with one attached hydrogen (secondary N) is 1. The first kappa shape index (κ1) is 17.0. The van der Waals surface area contributed by atoms with Gasteiger partial charge in [0.1, 0.15) is 10.6 Å². The van der Waals surface area contributed by atoms with E-state index in [4.69, 9.17) is 4.74 Å². The molecule has 0 amide bonds. The van der Waals surface area contributed by atoms with Crippen molar-refractivity contribution >= 4 is 10.0 Å². The van der Waals surface area contributed by atoms with E-state index in [1.165, 1.54) is 0 Å². The lowest BCUT2D eigenvalue weighted by Crippen LogP contribution is -2.31. The highest BCUT2D eigenvalue weighted by atomic mass is 32.2. The Morgan fingerprint density at radius 3 is 2.79 bits per heavy atom. The van der Waals surface area contributed by atoms with Crippen LogP contribution in [0.25, 0.3) is 0 Å². The molecule has 1 atom stereocenters. The van der Waals surface area contributed by atoms with Crippen LogP contribution in [0.3, 0.4) is 0 Å². The Kier molecular flexibility index (Phi) is 4.64. The second-order valence-corrected chi connectivity index (χ2v) is 7.99. The number of hydrogen-bond donors (Lipinski definition) is 1. The molecule has 0 saturated carbocycles. The maximum Gasteiger partial charge on any atom is 0.244 e. The van der Waals surface area contributed by atoms with E-state index >= 15 is 0 Å². The van der Waals surface area contributed by atoms with Crippen molar-refractivity contribution in [2.75, 3.05) is 13.2 Å². The van der Waals surface area contributed by atoms with Gasteiger partial charge < -0.3 is 4.74 Å². The molecule has 3 rings (SSSR count). The van der Waals surface area contributed by atoms with Crippen LogP contribution >= 0.6 is 0 Å². The SMILES string of the molecule is Cc1nn(C)c(C)c1S(=O)(=O)NCC1CCOc2ccccc2C1. The molecule has 1 aromatic heterocycles. The molecule has 0 aliphatic carbocycles. The third-order valence-corrected chi connectivity index (χ3v) is 6.21. The number of sulfonamides is 1. The smallest absolute Gasteiger partial charge is 0.244 e. The second kappa shape index (κ2) is 6.57. The van der Waals surface area contributed by atoms with Gasteiger partial charge in [0.05, 0.1) is 18.0 Å². The van der Waals surface area contributed by atoms with E-state index in [0.29, 0.717) is 24.5 Å². The van der Waals surface area contributed by atoms with Gasteiger partial charge in [0.25, 0.3) is 0 Å². The molecule has 0 saturated heterocycles. The van der Waals surface area contributed by atoms with Crippen molar-refractivity contribution < 1.29 is 13.2 Å². The second-order valence-electron chi connectivity index (χ2n) is 6.29. The van der Waals surface area contributed by atoms with Gasteiger partial charge in [0.15, 0.2) is 0 Å². The minimum Gasteiger partial charge on any atom is -0.493 e. The van der Waals surface area contributed by atoms with Gasteiger partial charge in [-0.05, 0) is 44.2 Å². The number of fused-ring (bicyclic) bond motifs is 1. The van der Waals surface area contributed by atoms with Crippen molar-refractivity contribution in [3.63, 3.8) is 0 Å². The molecule has 1 aliphatic rings. The van der Waals surface area contributed by atoms with E-state index in [9.17, 15) is 8.42 Å². The fraction of sp³-hybridized carbons (Fsp3) is 0.471. The molecule has 2 aromatic rings. The number of nitrogens with zero attached hydrogens (tertiary/aromatic N) is 2. The number of ether oxygens (including phenoxy) is 1. The minimum atomic E-state index is -3.56. The summed E-state index contributed by atoms with van der Waals surface area (Å²) in [5.41, 5.74) is 2.31. The Morgan fingerprint density at radius 1 is 1.33 bits per heavy atom. The summed E-state index contributed by atoms with van der Waals surface area (Å²) in [6.07, 6.45) is 1.63. The fourth-order valence-corrected chi connectivity index (χ4v) is 4.73. The molecule has 7 heteroatoms. The third kappa shape index (κ3) is 3.32. The fourth-order valence-electron chi connectivity index (χ4n) is 3.18. The van der Waals surface area contributed by atoms with Crippen LogP contribution in [0.1, 0.15) is 23.4 Å². The molecule has 2 heterocycles. The molecule has 0 fully saturated rings. The van der Waals surface area contributed by atoms with Crippen LogP contribution in [0.2, 0.25) is 0 Å². The number of aryl methyl sites for hydroxylation is 2. The zero-order chi connectivity index (χ0) is 17.3. The van der Waals surface area contributed by atoms with E-state index in [-0.39, 0.29) is 10.8 Å². The normalized spacial score (nSPS) is 17.9. The quantitative estimate of drug-likeness (QED) is 0.916. The van der Waals surface area contributed by atoms with Gasteiger partial charge in [-0.1, -0.05) is 18.2 Å². The monoisotopic (exact) mass is 349 g/mol. The largest absolute Gasteiger partial charge is 0.493 e. The summed E-state index contributed by atoms with van der Waals surface area (Å²) in [5.74, 6) is 1.11. The first-order valence-electron chi connectivity index (χ1n) is 8.09. The number of aromatic nitrogens is 2. The first-order chi connectivity index (χ1) is 11.4. The molecule has 1 aliphatic heterocycles. The molecule has 0 radical (unpaired) electrons. The zero-order valence-electron chi connectivity index (χ0n) is 14.2. The summed E-state index contributed by atoms with van der Waals surface area (Å²) in [4.78, 5) is 0.287. The Hall–Kier alpha value is -1.86. The molecule has 1 N–H and O–H groups in total. The molecule has 0 bridgehead atoms. The van der Waals surface area contributed by atoms with Crippen LogP contribution in [0.4, 0.5) is 0 Å². The predicted octanol–water partition coefficient (Wildman–Crippen LogP) is 1.96. The molecule has 0 spiro atoms. The average Bonchev–Trinajstić information content (AvgIpc) is 2.71. The highest BCUT2D eigenvalue weighted by Crippen LogP contribution is 2.26. The van der Waals surface area contributed by atoms with Crippen molar-refractivity contribution in [3.8, 4) is 5.75 Å². The van der Waals surface area contributed by atoms with Gasteiger partial charge >= 0.3 is 0 Å². The summed E-state index contributed by atoms with van der Waals surface area (Å²) < 4.78 is 35.4. The lowest BCUT2D eigenvalue weighted by Gasteiger charge is -2.15. The van der Waals surface area contributed by atoms with E-state index in [2.05, 4.69) is 9.82 Å². The van der Waals surface area contributed by atoms with Crippen molar-refractivity contribution in [1.82, 2.24) is 14.5 Å². The Bertz CT molecular complexity index is 843. The van der Waals surface area contributed by atoms with Crippen molar-refractivity contribution in [2.24, 2.45) is 13.0 Å². The summed E-state index contributed by atoms with van der Waals surface area (Å²) in [7, 11) is -1.81. The van der Waals surface area contributed by atoms with Gasteiger partial charge in [-0.2, -0.15) is 5.10 Å². The van der Waals surface area contributed by atoms with E-state index in [0.717, 1.165) is 24.2 Å². The van der Waals surface area contributed by atoms with Crippen LogP contribution in [0, 0.1) is 19.8 Å². The lowest BCUT2D eigenvalue weighted by molar-refractivity contribution is 0.294. The molecule has 6 nitrogen and oxygen atoms in total. The van der Waals surface area contributed by atoms with Crippen molar-refractivity contribution in [1.29, 1.82) is 0 Å². The Balaban J connectivity index is 1.73. The highest BCUT2D eigenvalue weighted by Gasteiger charge is 2.25. The predicted molar refractivity (Wildman–Crippen MR) is 91.6 cm³/mol. The summed E-state index contributed by atoms with van der Waals surface area (Å²) in [6, 6.07) is 7.94. The van der Waals surface area contributed by atoms with E-state index in [1.54, 1.807) is 25.6 Å². The molecule has 24 heavy (non-hydrogen) atoms. The standard InChI is InChI=1S/C17H23N3O3S/c1-12-17(13(2)20(3)19-12)24(21,22)18-11-14-8-9-23-16-7-5-4-6-15(16)10-14/h4-7,14,18H,8-11H2,1-3H3. The summed E-state index contributed by atoms with van der Waals surface area (Å²) in [6.45, 7) is 4.49.